The molecule has 1 atom stereocenters. The van der Waals surface area contributed by atoms with Gasteiger partial charge in [0.25, 0.3) is 0 Å². The number of methoxy groups -OCH3 is 1. The number of hydrogen-bond acceptors (Lipinski definition) is 3. The van der Waals surface area contributed by atoms with Gasteiger partial charge in [0.05, 0.1) is 7.11 Å². The van der Waals surface area contributed by atoms with Gasteiger partial charge >= 0.3 is 0 Å². The Hall–Kier alpha value is -0.670. The van der Waals surface area contributed by atoms with Gasteiger partial charge in [0.15, 0.2) is 0 Å². The van der Waals surface area contributed by atoms with Crippen LogP contribution < -0.4 is 10.5 Å². The van der Waals surface area contributed by atoms with E-state index in [2.05, 4.69) is 19.1 Å². The average molecular weight is 225 g/mol. The molecule has 3 heteroatoms. The van der Waals surface area contributed by atoms with Crippen LogP contribution in [0, 0.1) is 6.92 Å². The number of hydrogen-bond donors (Lipinski definition) is 1. The Morgan fingerprint density at radius 2 is 2.20 bits per heavy atom. The molecule has 0 heterocycles. The minimum absolute atomic E-state index is 0.288. The fourth-order valence-electron chi connectivity index (χ4n) is 1.27. The number of benzene rings is 1. The fraction of sp³-hybridized carbons (Fsp3) is 0.500. The molecule has 2 nitrogen and oxygen atoms in total. The molecule has 15 heavy (non-hydrogen) atoms. The third-order valence-corrected chi connectivity index (χ3v) is 3.42. The summed E-state index contributed by atoms with van der Waals surface area (Å²) in [5.74, 6) is 1.99. The van der Waals surface area contributed by atoms with Gasteiger partial charge in [-0.15, -0.1) is 11.8 Å². The summed E-state index contributed by atoms with van der Waals surface area (Å²) in [6.45, 7) is 4.15. The van der Waals surface area contributed by atoms with Crippen LogP contribution >= 0.6 is 11.8 Å². The molecule has 0 aromatic heterocycles. The number of thioether (sulfide) groups is 1. The molecule has 1 rings (SSSR count). The normalized spacial score (nSPS) is 12.5. The minimum Gasteiger partial charge on any atom is -0.497 e. The smallest absolute Gasteiger partial charge is 0.119 e. The Morgan fingerprint density at radius 1 is 1.47 bits per heavy atom. The van der Waals surface area contributed by atoms with E-state index >= 15 is 0 Å². The van der Waals surface area contributed by atoms with Crippen molar-refractivity contribution in [2.75, 3.05) is 12.9 Å². The molecule has 1 aromatic rings. The molecule has 0 aliphatic heterocycles. The lowest BCUT2D eigenvalue weighted by Gasteiger charge is -2.08. The Labute approximate surface area is 96.2 Å². The Bertz CT molecular complexity index is 312. The highest BCUT2D eigenvalue weighted by Crippen LogP contribution is 2.26. The van der Waals surface area contributed by atoms with Gasteiger partial charge in [-0.1, -0.05) is 0 Å². The maximum atomic E-state index is 5.71. The number of rotatable bonds is 5. The molecule has 0 aliphatic carbocycles. The molecular weight excluding hydrogens is 206 g/mol. The topological polar surface area (TPSA) is 35.2 Å². The summed E-state index contributed by atoms with van der Waals surface area (Å²) in [6, 6.07) is 6.46. The molecule has 84 valence electrons. The Kier molecular flexibility index (Phi) is 4.99. The van der Waals surface area contributed by atoms with Crippen molar-refractivity contribution in [1.29, 1.82) is 0 Å². The second-order valence-corrected chi connectivity index (χ2v) is 4.88. The van der Waals surface area contributed by atoms with E-state index in [4.69, 9.17) is 10.5 Å². The summed E-state index contributed by atoms with van der Waals surface area (Å²) >= 11 is 1.86. The zero-order valence-corrected chi connectivity index (χ0v) is 10.4. The van der Waals surface area contributed by atoms with Gasteiger partial charge in [-0.2, -0.15) is 0 Å². The highest BCUT2D eigenvalue weighted by atomic mass is 32.2. The Morgan fingerprint density at radius 3 is 2.73 bits per heavy atom. The average Bonchev–Trinajstić information content (AvgIpc) is 2.20. The van der Waals surface area contributed by atoms with Crippen LogP contribution in [0.15, 0.2) is 23.1 Å². The molecule has 0 saturated carbocycles. The van der Waals surface area contributed by atoms with E-state index in [1.54, 1.807) is 7.11 Å². The first-order chi connectivity index (χ1) is 7.13. The second kappa shape index (κ2) is 6.03. The largest absolute Gasteiger partial charge is 0.497 e. The fourth-order valence-corrected chi connectivity index (χ4v) is 2.43. The molecule has 0 bridgehead atoms. The van der Waals surface area contributed by atoms with Crippen LogP contribution in [0.5, 0.6) is 5.75 Å². The third kappa shape index (κ3) is 4.14. The number of nitrogens with two attached hydrogens (primary N) is 1. The van der Waals surface area contributed by atoms with Crippen LogP contribution in [0.2, 0.25) is 0 Å². The van der Waals surface area contributed by atoms with Crippen molar-refractivity contribution >= 4 is 11.8 Å². The number of ether oxygens (including phenoxy) is 1. The lowest BCUT2D eigenvalue weighted by molar-refractivity contribution is 0.414. The maximum absolute atomic E-state index is 5.71. The van der Waals surface area contributed by atoms with Crippen molar-refractivity contribution < 1.29 is 4.74 Å². The van der Waals surface area contributed by atoms with Crippen LogP contribution in [0.4, 0.5) is 0 Å². The lowest BCUT2D eigenvalue weighted by atomic mass is 10.2. The molecule has 1 unspecified atom stereocenters. The molecular formula is C12H19NOS. The van der Waals surface area contributed by atoms with E-state index in [1.807, 2.05) is 24.8 Å². The monoisotopic (exact) mass is 225 g/mol. The van der Waals surface area contributed by atoms with Crippen molar-refractivity contribution in [3.63, 3.8) is 0 Å². The molecule has 0 aliphatic rings. The van der Waals surface area contributed by atoms with Crippen LogP contribution in [0.25, 0.3) is 0 Å². The zero-order chi connectivity index (χ0) is 11.3. The SMILES string of the molecule is COc1ccc(SCCC(C)N)c(C)c1. The summed E-state index contributed by atoms with van der Waals surface area (Å²) < 4.78 is 5.16. The second-order valence-electron chi connectivity index (χ2n) is 3.75. The van der Waals surface area contributed by atoms with E-state index in [-0.39, 0.29) is 6.04 Å². The standard InChI is InChI=1S/C12H19NOS/c1-9-8-11(14-3)4-5-12(9)15-7-6-10(2)13/h4-5,8,10H,6-7,13H2,1-3H3. The molecule has 0 fully saturated rings. The Balaban J connectivity index is 2.54. The van der Waals surface area contributed by atoms with Gasteiger partial charge < -0.3 is 10.5 Å². The van der Waals surface area contributed by atoms with Crippen molar-refractivity contribution in [2.24, 2.45) is 5.73 Å². The van der Waals surface area contributed by atoms with E-state index in [0.29, 0.717) is 0 Å². The van der Waals surface area contributed by atoms with Crippen molar-refractivity contribution in [3.8, 4) is 5.75 Å². The highest BCUT2D eigenvalue weighted by Gasteiger charge is 2.02. The van der Waals surface area contributed by atoms with Crippen LogP contribution in [0.1, 0.15) is 18.9 Å². The molecule has 0 radical (unpaired) electrons. The van der Waals surface area contributed by atoms with Gasteiger partial charge in [-0.25, -0.2) is 0 Å². The third-order valence-electron chi connectivity index (χ3n) is 2.21. The molecule has 0 amide bonds. The van der Waals surface area contributed by atoms with E-state index in [1.165, 1.54) is 10.5 Å². The quantitative estimate of drug-likeness (QED) is 0.783. The summed E-state index contributed by atoms with van der Waals surface area (Å²) in [7, 11) is 1.69. The van der Waals surface area contributed by atoms with E-state index < -0.39 is 0 Å². The van der Waals surface area contributed by atoms with Crippen LogP contribution in [-0.4, -0.2) is 18.9 Å². The first kappa shape index (κ1) is 12.4. The van der Waals surface area contributed by atoms with E-state index in [0.717, 1.165) is 17.9 Å². The number of aryl methyl sites for hydroxylation is 1. The summed E-state index contributed by atoms with van der Waals surface area (Å²) in [5, 5.41) is 0. The molecule has 1 aromatic carbocycles. The van der Waals surface area contributed by atoms with Gasteiger partial charge in [0, 0.05) is 10.9 Å². The van der Waals surface area contributed by atoms with Crippen LogP contribution in [-0.2, 0) is 0 Å². The first-order valence-corrected chi connectivity index (χ1v) is 6.15. The van der Waals surface area contributed by atoms with Gasteiger partial charge in [-0.3, -0.25) is 0 Å². The molecule has 2 N–H and O–H groups in total. The highest BCUT2D eigenvalue weighted by molar-refractivity contribution is 7.99. The molecule has 0 saturated heterocycles. The van der Waals surface area contributed by atoms with E-state index in [9.17, 15) is 0 Å². The summed E-state index contributed by atoms with van der Waals surface area (Å²) in [6.07, 6.45) is 1.05. The summed E-state index contributed by atoms with van der Waals surface area (Å²) in [5.41, 5.74) is 6.97. The van der Waals surface area contributed by atoms with Gasteiger partial charge in [-0.05, 0) is 49.8 Å². The van der Waals surface area contributed by atoms with Gasteiger partial charge in [0.2, 0.25) is 0 Å². The van der Waals surface area contributed by atoms with Crippen molar-refractivity contribution in [1.82, 2.24) is 0 Å². The maximum Gasteiger partial charge on any atom is 0.119 e. The molecule has 0 spiro atoms. The van der Waals surface area contributed by atoms with Crippen molar-refractivity contribution in [2.45, 2.75) is 31.2 Å². The van der Waals surface area contributed by atoms with Crippen LogP contribution in [0.3, 0.4) is 0 Å². The zero-order valence-electron chi connectivity index (χ0n) is 9.62. The van der Waals surface area contributed by atoms with Crippen molar-refractivity contribution in [3.05, 3.63) is 23.8 Å². The van der Waals surface area contributed by atoms with Gasteiger partial charge in [0.1, 0.15) is 5.75 Å². The lowest BCUT2D eigenvalue weighted by Crippen LogP contribution is -2.15. The predicted octanol–water partition coefficient (Wildman–Crippen LogP) is 2.83. The predicted molar refractivity (Wildman–Crippen MR) is 66.7 cm³/mol. The minimum atomic E-state index is 0.288. The summed E-state index contributed by atoms with van der Waals surface area (Å²) in [4.78, 5) is 1.32. The first-order valence-electron chi connectivity index (χ1n) is 5.16.